The van der Waals surface area contributed by atoms with Gasteiger partial charge in [0, 0.05) is 12.6 Å². The van der Waals surface area contributed by atoms with E-state index in [0.717, 1.165) is 6.07 Å². The topological polar surface area (TPSA) is 92.5 Å². The second kappa shape index (κ2) is 5.65. The lowest BCUT2D eigenvalue weighted by atomic mass is 10.1. The van der Waals surface area contributed by atoms with Gasteiger partial charge in [0.25, 0.3) is 5.69 Å². The van der Waals surface area contributed by atoms with Crippen molar-refractivity contribution in [3.63, 3.8) is 0 Å². The highest BCUT2D eigenvalue weighted by Crippen LogP contribution is 2.22. The van der Waals surface area contributed by atoms with Crippen molar-refractivity contribution in [2.45, 2.75) is 12.7 Å². The van der Waals surface area contributed by atoms with Gasteiger partial charge in [0.05, 0.1) is 11.5 Å². The highest BCUT2D eigenvalue weighted by molar-refractivity contribution is 5.94. The first-order valence-electron chi connectivity index (χ1n) is 4.99. The summed E-state index contributed by atoms with van der Waals surface area (Å²) in [5, 5.41) is 21.5. The number of alkyl halides is 3. The van der Waals surface area contributed by atoms with Crippen LogP contribution in [0.5, 0.6) is 0 Å². The molecular weight excluding hydrogens is 269 g/mol. The van der Waals surface area contributed by atoms with E-state index < -0.39 is 41.4 Å². The Morgan fingerprint density at radius 2 is 2.05 bits per heavy atom. The Labute approximate surface area is 105 Å². The van der Waals surface area contributed by atoms with Crippen LogP contribution in [0, 0.1) is 10.1 Å². The van der Waals surface area contributed by atoms with Crippen LogP contribution in [-0.2, 0) is 6.54 Å². The second-order valence-electron chi connectivity index (χ2n) is 3.59. The van der Waals surface area contributed by atoms with Crippen molar-refractivity contribution in [2.24, 2.45) is 0 Å². The quantitative estimate of drug-likeness (QED) is 0.634. The Kier molecular flexibility index (Phi) is 4.43. The van der Waals surface area contributed by atoms with E-state index in [9.17, 15) is 28.1 Å². The second-order valence-corrected chi connectivity index (χ2v) is 3.59. The van der Waals surface area contributed by atoms with Crippen LogP contribution in [0.2, 0.25) is 0 Å². The molecule has 0 amide bonds. The summed E-state index contributed by atoms with van der Waals surface area (Å²) in [4.78, 5) is 20.7. The van der Waals surface area contributed by atoms with Crippen LogP contribution < -0.4 is 5.32 Å². The minimum atomic E-state index is -4.44. The summed E-state index contributed by atoms with van der Waals surface area (Å²) in [5.74, 6) is -1.56. The Bertz CT molecular complexity index is 502. The molecule has 0 fully saturated rings. The molecule has 0 heterocycles. The van der Waals surface area contributed by atoms with Gasteiger partial charge in [-0.2, -0.15) is 13.2 Å². The number of nitro benzene ring substituents is 1. The van der Waals surface area contributed by atoms with Gasteiger partial charge in [-0.15, -0.1) is 0 Å². The number of nitro groups is 1. The highest BCUT2D eigenvalue weighted by Gasteiger charge is 2.27. The molecule has 0 aromatic heterocycles. The van der Waals surface area contributed by atoms with Crippen molar-refractivity contribution < 1.29 is 28.0 Å². The number of benzene rings is 1. The van der Waals surface area contributed by atoms with E-state index in [4.69, 9.17) is 5.11 Å². The molecule has 0 radical (unpaired) electrons. The zero-order valence-electron chi connectivity index (χ0n) is 9.40. The maximum absolute atomic E-state index is 11.9. The number of nitrogens with one attached hydrogen (secondary N) is 1. The number of aromatic carboxylic acids is 1. The first-order valence-corrected chi connectivity index (χ1v) is 4.99. The van der Waals surface area contributed by atoms with E-state index in [0.29, 0.717) is 0 Å². The largest absolute Gasteiger partial charge is 0.477 e. The van der Waals surface area contributed by atoms with Crippen LogP contribution in [0.15, 0.2) is 18.2 Å². The van der Waals surface area contributed by atoms with E-state index >= 15 is 0 Å². The van der Waals surface area contributed by atoms with Gasteiger partial charge in [-0.3, -0.25) is 10.1 Å². The van der Waals surface area contributed by atoms with Crippen molar-refractivity contribution in [1.29, 1.82) is 0 Å². The number of carboxylic acids is 1. The predicted molar refractivity (Wildman–Crippen MR) is 57.8 cm³/mol. The average Bonchev–Trinajstić information content (AvgIpc) is 2.26. The summed E-state index contributed by atoms with van der Waals surface area (Å²) in [5.41, 5.74) is -1.34. The van der Waals surface area contributed by atoms with Gasteiger partial charge in [0.2, 0.25) is 0 Å². The molecule has 0 saturated heterocycles. The number of nitrogens with zero attached hydrogens (tertiary/aromatic N) is 1. The molecule has 0 aliphatic carbocycles. The Hall–Kier alpha value is -2.16. The highest BCUT2D eigenvalue weighted by atomic mass is 19.4. The summed E-state index contributed by atoms with van der Waals surface area (Å²) in [6, 6.07) is 3.42. The van der Waals surface area contributed by atoms with Gasteiger partial charge in [0.15, 0.2) is 0 Å². The average molecular weight is 278 g/mol. The number of carboxylic acid groups (broad SMARTS) is 1. The molecule has 2 N–H and O–H groups in total. The van der Waals surface area contributed by atoms with Crippen molar-refractivity contribution in [3.05, 3.63) is 39.4 Å². The number of rotatable bonds is 5. The zero-order valence-corrected chi connectivity index (χ0v) is 9.40. The molecule has 104 valence electrons. The minimum absolute atomic E-state index is 0.0778. The van der Waals surface area contributed by atoms with E-state index in [1.807, 2.05) is 5.32 Å². The minimum Gasteiger partial charge on any atom is -0.477 e. The fourth-order valence-corrected chi connectivity index (χ4v) is 1.47. The number of hydrogen-bond donors (Lipinski definition) is 2. The maximum Gasteiger partial charge on any atom is 0.401 e. The van der Waals surface area contributed by atoms with Gasteiger partial charge in [0.1, 0.15) is 5.56 Å². The maximum atomic E-state index is 11.9. The fraction of sp³-hybridized carbons (Fsp3) is 0.300. The molecule has 0 bridgehead atoms. The molecule has 1 aromatic carbocycles. The van der Waals surface area contributed by atoms with Gasteiger partial charge < -0.3 is 10.4 Å². The first kappa shape index (κ1) is 14.9. The van der Waals surface area contributed by atoms with Gasteiger partial charge >= 0.3 is 12.1 Å². The lowest BCUT2D eigenvalue weighted by Gasteiger charge is -2.10. The van der Waals surface area contributed by atoms with Crippen molar-refractivity contribution in [3.8, 4) is 0 Å². The lowest BCUT2D eigenvalue weighted by Crippen LogP contribution is -2.29. The first-order chi connectivity index (χ1) is 8.72. The summed E-state index contributed by atoms with van der Waals surface area (Å²) in [7, 11) is 0. The molecule has 0 aliphatic rings. The third kappa shape index (κ3) is 4.21. The summed E-state index contributed by atoms with van der Waals surface area (Å²) >= 11 is 0. The SMILES string of the molecule is O=C(O)c1c(CNCC(F)(F)F)cccc1[N+](=O)[O-]. The van der Waals surface area contributed by atoms with Crippen LogP contribution in [-0.4, -0.2) is 28.7 Å². The van der Waals surface area contributed by atoms with Crippen LogP contribution in [0.3, 0.4) is 0 Å². The third-order valence-corrected chi connectivity index (χ3v) is 2.18. The van der Waals surface area contributed by atoms with Crippen LogP contribution >= 0.6 is 0 Å². The fourth-order valence-electron chi connectivity index (χ4n) is 1.47. The van der Waals surface area contributed by atoms with Crippen LogP contribution in [0.4, 0.5) is 18.9 Å². The molecule has 0 spiro atoms. The molecule has 1 aromatic rings. The smallest absolute Gasteiger partial charge is 0.401 e. The number of carbonyl (C=O) groups is 1. The predicted octanol–water partition coefficient (Wildman–Crippen LogP) is 1.94. The molecule has 9 heteroatoms. The number of halogens is 3. The molecule has 0 saturated carbocycles. The molecule has 0 atom stereocenters. The van der Waals surface area contributed by atoms with Crippen LogP contribution in [0.25, 0.3) is 0 Å². The van der Waals surface area contributed by atoms with Crippen molar-refractivity contribution >= 4 is 11.7 Å². The normalized spacial score (nSPS) is 11.3. The summed E-state index contributed by atoms with van der Waals surface area (Å²) in [6.45, 7) is -1.74. The lowest BCUT2D eigenvalue weighted by molar-refractivity contribution is -0.385. The Morgan fingerprint density at radius 3 is 2.53 bits per heavy atom. The standard InChI is InChI=1S/C10H9F3N2O4/c11-10(12,13)5-14-4-6-2-1-3-7(15(18)19)8(6)9(16)17/h1-3,14H,4-5H2,(H,16,17). The van der Waals surface area contributed by atoms with Crippen molar-refractivity contribution in [2.75, 3.05) is 6.54 Å². The molecule has 0 aliphatic heterocycles. The zero-order chi connectivity index (χ0) is 14.6. The third-order valence-electron chi connectivity index (χ3n) is 2.18. The Morgan fingerprint density at radius 1 is 1.42 bits per heavy atom. The molecule has 1 rings (SSSR count). The molecule has 19 heavy (non-hydrogen) atoms. The van der Waals surface area contributed by atoms with Gasteiger partial charge in [-0.05, 0) is 5.56 Å². The molecule has 6 nitrogen and oxygen atoms in total. The van der Waals surface area contributed by atoms with E-state index in [1.165, 1.54) is 12.1 Å². The molecular formula is C10H9F3N2O4. The number of hydrogen-bond acceptors (Lipinski definition) is 4. The van der Waals surface area contributed by atoms with E-state index in [1.54, 1.807) is 0 Å². The Balaban J connectivity index is 2.98. The van der Waals surface area contributed by atoms with Gasteiger partial charge in [-0.25, -0.2) is 4.79 Å². The van der Waals surface area contributed by atoms with Gasteiger partial charge in [-0.1, -0.05) is 12.1 Å². The summed E-state index contributed by atoms with van der Waals surface area (Å²) in [6.07, 6.45) is -4.44. The van der Waals surface area contributed by atoms with E-state index in [-0.39, 0.29) is 5.56 Å². The summed E-state index contributed by atoms with van der Waals surface area (Å²) < 4.78 is 35.8. The molecule has 0 unspecified atom stereocenters. The monoisotopic (exact) mass is 278 g/mol. The van der Waals surface area contributed by atoms with E-state index in [2.05, 4.69) is 0 Å². The van der Waals surface area contributed by atoms with Crippen LogP contribution in [0.1, 0.15) is 15.9 Å². The van der Waals surface area contributed by atoms with Crippen molar-refractivity contribution in [1.82, 2.24) is 5.32 Å².